The quantitative estimate of drug-likeness (QED) is 0.126. The zero-order valence-electron chi connectivity index (χ0n) is 44.4. The molecule has 0 atom stereocenters. The van der Waals surface area contributed by atoms with Crippen LogP contribution in [0.2, 0.25) is 0 Å². The number of hydrogen-bond donors (Lipinski definition) is 0. The standard InChI is InChI=1S/C78H53N3/c1-4-14-54(15-5-1)55-24-26-56(27-25-55)59-36-44-68(45-37-59)79(69-46-38-60(39-47-69)57-28-32-62(33-29-57)64-43-51-77-74(52-64)72-21-11-13-23-76(72)80(77)66-16-6-2-7-17-66)70-48-40-61(41-49-70)58-30-34-63(35-31-58)65-42-50-73-71-20-10-12-22-75(71)81(78(73)53-65)67-18-8-3-9-19-67/h1-53H. The molecule has 0 aliphatic rings. The van der Waals surface area contributed by atoms with Gasteiger partial charge in [-0.25, -0.2) is 0 Å². The van der Waals surface area contributed by atoms with Crippen LogP contribution in [0.15, 0.2) is 322 Å². The summed E-state index contributed by atoms with van der Waals surface area (Å²) in [6.07, 6.45) is 0. The van der Waals surface area contributed by atoms with E-state index in [2.05, 4.69) is 336 Å². The molecular weight excluding hydrogens is 979 g/mol. The maximum atomic E-state index is 2.38. The highest BCUT2D eigenvalue weighted by molar-refractivity contribution is 6.11. The summed E-state index contributed by atoms with van der Waals surface area (Å²) in [7, 11) is 0. The van der Waals surface area contributed by atoms with Gasteiger partial charge in [0.15, 0.2) is 0 Å². The number of anilines is 3. The van der Waals surface area contributed by atoms with Gasteiger partial charge in [0.05, 0.1) is 22.1 Å². The molecule has 81 heavy (non-hydrogen) atoms. The average Bonchev–Trinajstić information content (AvgIpc) is 4.16. The van der Waals surface area contributed by atoms with Crippen LogP contribution in [0.5, 0.6) is 0 Å². The Balaban J connectivity index is 0.726. The van der Waals surface area contributed by atoms with Crippen LogP contribution in [0.1, 0.15) is 0 Å². The first-order valence-electron chi connectivity index (χ1n) is 27.8. The Morgan fingerprint density at radius 1 is 0.173 bits per heavy atom. The normalized spacial score (nSPS) is 11.5. The van der Waals surface area contributed by atoms with Crippen LogP contribution in [-0.4, -0.2) is 9.13 Å². The van der Waals surface area contributed by atoms with Gasteiger partial charge in [-0.2, -0.15) is 0 Å². The summed E-state index contributed by atoms with van der Waals surface area (Å²) in [5.74, 6) is 0. The molecule has 15 aromatic rings. The molecule has 0 radical (unpaired) electrons. The zero-order chi connectivity index (χ0) is 53.6. The molecule has 380 valence electrons. The van der Waals surface area contributed by atoms with Crippen LogP contribution in [0, 0.1) is 0 Å². The smallest absolute Gasteiger partial charge is 0.0547 e. The van der Waals surface area contributed by atoms with Crippen molar-refractivity contribution < 1.29 is 0 Å². The maximum absolute atomic E-state index is 2.38. The highest BCUT2D eigenvalue weighted by Gasteiger charge is 2.18. The number of benzene rings is 13. The molecule has 3 heteroatoms. The topological polar surface area (TPSA) is 13.1 Å². The molecule has 0 saturated carbocycles. The predicted octanol–water partition coefficient (Wildman–Crippen LogP) is 21.4. The Morgan fingerprint density at radius 3 is 0.877 bits per heavy atom. The minimum absolute atomic E-state index is 1.08. The molecule has 2 aromatic heterocycles. The molecule has 15 rings (SSSR count). The molecule has 0 fully saturated rings. The highest BCUT2D eigenvalue weighted by Crippen LogP contribution is 2.41. The van der Waals surface area contributed by atoms with E-state index in [0.717, 1.165) is 28.3 Å². The third kappa shape index (κ3) is 8.75. The first kappa shape index (κ1) is 47.5. The van der Waals surface area contributed by atoms with Crippen LogP contribution in [0.3, 0.4) is 0 Å². The van der Waals surface area contributed by atoms with Crippen molar-refractivity contribution in [3.63, 3.8) is 0 Å². The number of aromatic nitrogens is 2. The molecule has 0 unspecified atom stereocenters. The second kappa shape index (κ2) is 20.2. The van der Waals surface area contributed by atoms with Gasteiger partial charge in [-0.05, 0) is 158 Å². The number of para-hydroxylation sites is 4. The third-order valence-corrected chi connectivity index (χ3v) is 16.2. The Hall–Kier alpha value is -10.7. The lowest BCUT2D eigenvalue weighted by Crippen LogP contribution is -2.09. The Bertz CT molecular complexity index is 4710. The van der Waals surface area contributed by atoms with Crippen LogP contribution in [0.4, 0.5) is 17.1 Å². The molecule has 0 amide bonds. The molecule has 0 spiro atoms. The van der Waals surface area contributed by atoms with E-state index < -0.39 is 0 Å². The molecule has 13 aromatic carbocycles. The summed E-state index contributed by atoms with van der Waals surface area (Å²) in [6.45, 7) is 0. The number of fused-ring (bicyclic) bond motifs is 6. The van der Waals surface area contributed by atoms with Crippen molar-refractivity contribution in [2.45, 2.75) is 0 Å². The van der Waals surface area contributed by atoms with Crippen molar-refractivity contribution in [2.75, 3.05) is 4.90 Å². The molecule has 0 N–H and O–H groups in total. The molecule has 2 heterocycles. The first-order valence-corrected chi connectivity index (χ1v) is 27.8. The molecule has 0 bridgehead atoms. The Morgan fingerprint density at radius 2 is 0.444 bits per heavy atom. The molecule has 3 nitrogen and oxygen atoms in total. The summed E-state index contributed by atoms with van der Waals surface area (Å²) >= 11 is 0. The van der Waals surface area contributed by atoms with Gasteiger partial charge in [0.1, 0.15) is 0 Å². The van der Waals surface area contributed by atoms with Gasteiger partial charge in [-0.1, -0.05) is 231 Å². The van der Waals surface area contributed by atoms with Crippen LogP contribution >= 0.6 is 0 Å². The van der Waals surface area contributed by atoms with Gasteiger partial charge in [0.2, 0.25) is 0 Å². The number of nitrogens with zero attached hydrogens (tertiary/aromatic N) is 3. The van der Waals surface area contributed by atoms with Gasteiger partial charge in [0.25, 0.3) is 0 Å². The Labute approximate surface area is 471 Å². The van der Waals surface area contributed by atoms with E-state index in [1.165, 1.54) is 110 Å². The van der Waals surface area contributed by atoms with Crippen LogP contribution in [-0.2, 0) is 0 Å². The van der Waals surface area contributed by atoms with Crippen molar-refractivity contribution in [2.24, 2.45) is 0 Å². The van der Waals surface area contributed by atoms with E-state index in [1.54, 1.807) is 0 Å². The number of hydrogen-bond acceptors (Lipinski definition) is 1. The second-order valence-electron chi connectivity index (χ2n) is 20.9. The molecular formula is C78H53N3. The monoisotopic (exact) mass is 1030 g/mol. The molecule has 0 aliphatic carbocycles. The first-order chi connectivity index (χ1) is 40.1. The lowest BCUT2D eigenvalue weighted by molar-refractivity contribution is 1.18. The van der Waals surface area contributed by atoms with E-state index in [0.29, 0.717) is 0 Å². The average molecular weight is 1030 g/mol. The summed E-state index contributed by atoms with van der Waals surface area (Å²) in [4.78, 5) is 2.36. The SMILES string of the molecule is c1ccc(-c2ccc(-c3ccc(N(c4ccc(-c5ccc(-c6ccc7c(c6)c6ccccc6n7-c6ccccc6)cc5)cc4)c4ccc(-c5ccc(-c6ccc7c8ccccc8n(-c8ccccc8)c7c6)cc5)cc4)cc3)cc2)cc1. The maximum Gasteiger partial charge on any atom is 0.0547 e. The second-order valence-corrected chi connectivity index (χ2v) is 20.9. The highest BCUT2D eigenvalue weighted by atomic mass is 15.1. The summed E-state index contributed by atoms with van der Waals surface area (Å²) < 4.78 is 4.75. The number of rotatable bonds is 11. The summed E-state index contributed by atoms with van der Waals surface area (Å²) in [5.41, 5.74) is 24.6. The fourth-order valence-electron chi connectivity index (χ4n) is 12.1. The lowest BCUT2D eigenvalue weighted by atomic mass is 9.98. The van der Waals surface area contributed by atoms with Gasteiger partial charge >= 0.3 is 0 Å². The fourth-order valence-corrected chi connectivity index (χ4v) is 12.1. The van der Waals surface area contributed by atoms with Crippen molar-refractivity contribution in [3.05, 3.63) is 322 Å². The van der Waals surface area contributed by atoms with Crippen molar-refractivity contribution in [3.8, 4) is 78.1 Å². The predicted molar refractivity (Wildman–Crippen MR) is 342 cm³/mol. The minimum Gasteiger partial charge on any atom is -0.311 e. The van der Waals surface area contributed by atoms with E-state index in [9.17, 15) is 0 Å². The van der Waals surface area contributed by atoms with Gasteiger partial charge in [-0.15, -0.1) is 0 Å². The Kier molecular flexibility index (Phi) is 11.9. The summed E-state index contributed by atoms with van der Waals surface area (Å²) in [5, 5.41) is 5.02. The third-order valence-electron chi connectivity index (χ3n) is 16.2. The van der Waals surface area contributed by atoms with E-state index in [1.807, 2.05) is 0 Å². The van der Waals surface area contributed by atoms with Crippen molar-refractivity contribution >= 4 is 60.7 Å². The molecule has 0 saturated heterocycles. The van der Waals surface area contributed by atoms with Gasteiger partial charge in [0, 0.05) is 50.0 Å². The van der Waals surface area contributed by atoms with Crippen LogP contribution in [0.25, 0.3) is 122 Å². The molecule has 0 aliphatic heterocycles. The van der Waals surface area contributed by atoms with Crippen molar-refractivity contribution in [1.29, 1.82) is 0 Å². The van der Waals surface area contributed by atoms with E-state index in [4.69, 9.17) is 0 Å². The van der Waals surface area contributed by atoms with Crippen LogP contribution < -0.4 is 4.90 Å². The summed E-state index contributed by atoms with van der Waals surface area (Å²) in [6, 6.07) is 117. The fraction of sp³-hybridized carbons (Fsp3) is 0. The largest absolute Gasteiger partial charge is 0.311 e. The van der Waals surface area contributed by atoms with Crippen molar-refractivity contribution in [1.82, 2.24) is 9.13 Å². The zero-order valence-corrected chi connectivity index (χ0v) is 44.4. The van der Waals surface area contributed by atoms with Gasteiger partial charge < -0.3 is 14.0 Å². The van der Waals surface area contributed by atoms with Gasteiger partial charge in [-0.3, -0.25) is 0 Å². The van der Waals surface area contributed by atoms with E-state index in [-0.39, 0.29) is 0 Å². The minimum atomic E-state index is 1.08. The van der Waals surface area contributed by atoms with E-state index >= 15 is 0 Å². The lowest BCUT2D eigenvalue weighted by Gasteiger charge is -2.26.